The van der Waals surface area contributed by atoms with Crippen molar-refractivity contribution in [1.29, 1.82) is 0 Å². The maximum Gasteiger partial charge on any atom is 0.416 e. The van der Waals surface area contributed by atoms with Gasteiger partial charge in [-0.1, -0.05) is 25.0 Å². The zero-order valence-corrected chi connectivity index (χ0v) is 15.5. The second-order valence-corrected chi connectivity index (χ2v) is 7.54. The molecular weight excluding hydrogens is 365 g/mol. The summed E-state index contributed by atoms with van der Waals surface area (Å²) in [5.41, 5.74) is 1.64. The van der Waals surface area contributed by atoms with Crippen molar-refractivity contribution in [3.63, 3.8) is 0 Å². The standard InChI is InChI=1S/C22H23F3N2O/c23-22(24,25)18-8-3-9-19(15-18)28-20-13-16(14-20)5-1-2-6-17-7-4-11-27-12-10-26-21(17)27/h3-4,7-12,15-16,20H,1-2,5-6,13-14H2. The van der Waals surface area contributed by atoms with E-state index in [4.69, 9.17) is 4.74 Å². The summed E-state index contributed by atoms with van der Waals surface area (Å²) in [4.78, 5) is 4.41. The number of unbranched alkanes of at least 4 members (excludes halogenated alkanes) is 1. The van der Waals surface area contributed by atoms with Crippen molar-refractivity contribution >= 4 is 5.65 Å². The highest BCUT2D eigenvalue weighted by atomic mass is 19.4. The van der Waals surface area contributed by atoms with E-state index in [-0.39, 0.29) is 6.10 Å². The molecule has 1 aliphatic rings. The van der Waals surface area contributed by atoms with Gasteiger partial charge in [0, 0.05) is 18.6 Å². The third kappa shape index (κ3) is 4.32. The van der Waals surface area contributed by atoms with Crippen LogP contribution in [0.4, 0.5) is 13.2 Å². The van der Waals surface area contributed by atoms with E-state index in [1.807, 2.05) is 29.1 Å². The van der Waals surface area contributed by atoms with Gasteiger partial charge in [0.15, 0.2) is 0 Å². The molecule has 0 amide bonds. The van der Waals surface area contributed by atoms with Gasteiger partial charge in [0.2, 0.25) is 0 Å². The SMILES string of the molecule is FC(F)(F)c1cccc(OC2CC(CCCCc3cccn4ccnc34)C2)c1. The second kappa shape index (κ2) is 7.86. The smallest absolute Gasteiger partial charge is 0.416 e. The Morgan fingerprint density at radius 2 is 1.93 bits per heavy atom. The Balaban J connectivity index is 1.18. The van der Waals surface area contributed by atoms with E-state index in [1.54, 1.807) is 6.07 Å². The second-order valence-electron chi connectivity index (χ2n) is 7.54. The van der Waals surface area contributed by atoms with Crippen LogP contribution in [0.15, 0.2) is 55.0 Å². The maximum absolute atomic E-state index is 12.8. The molecule has 2 heterocycles. The number of hydrogen-bond donors (Lipinski definition) is 0. The lowest BCUT2D eigenvalue weighted by atomic mass is 9.79. The molecule has 2 aromatic heterocycles. The first-order chi connectivity index (χ1) is 13.5. The Morgan fingerprint density at radius 3 is 2.75 bits per heavy atom. The monoisotopic (exact) mass is 388 g/mol. The van der Waals surface area contributed by atoms with Crippen molar-refractivity contribution in [2.45, 2.75) is 50.8 Å². The molecule has 3 nitrogen and oxygen atoms in total. The molecule has 0 unspecified atom stereocenters. The van der Waals surface area contributed by atoms with Crippen LogP contribution in [0.1, 0.15) is 43.2 Å². The molecule has 0 aliphatic heterocycles. The number of imidazole rings is 1. The highest BCUT2D eigenvalue weighted by Crippen LogP contribution is 2.36. The molecule has 0 spiro atoms. The molecule has 1 fully saturated rings. The maximum atomic E-state index is 12.8. The Hall–Kier alpha value is -2.50. The van der Waals surface area contributed by atoms with E-state index in [9.17, 15) is 13.2 Å². The fourth-order valence-corrected chi connectivity index (χ4v) is 3.90. The molecule has 0 radical (unpaired) electrons. The fourth-order valence-electron chi connectivity index (χ4n) is 3.90. The van der Waals surface area contributed by atoms with Crippen LogP contribution in [-0.4, -0.2) is 15.5 Å². The summed E-state index contributed by atoms with van der Waals surface area (Å²) in [5.74, 6) is 0.920. The molecule has 6 heteroatoms. The van der Waals surface area contributed by atoms with Crippen LogP contribution in [0.3, 0.4) is 0 Å². The lowest BCUT2D eigenvalue weighted by Gasteiger charge is -2.35. The summed E-state index contributed by atoms with van der Waals surface area (Å²) < 4.78 is 46.1. The van der Waals surface area contributed by atoms with E-state index >= 15 is 0 Å². The van der Waals surface area contributed by atoms with Crippen molar-refractivity contribution in [3.8, 4) is 5.75 Å². The van der Waals surface area contributed by atoms with Crippen LogP contribution in [-0.2, 0) is 12.6 Å². The first-order valence-electron chi connectivity index (χ1n) is 9.73. The zero-order valence-electron chi connectivity index (χ0n) is 15.5. The molecular formula is C22H23F3N2O. The Morgan fingerprint density at radius 1 is 1.07 bits per heavy atom. The van der Waals surface area contributed by atoms with E-state index < -0.39 is 11.7 Å². The van der Waals surface area contributed by atoms with Gasteiger partial charge in [-0.25, -0.2) is 4.98 Å². The third-order valence-electron chi connectivity index (χ3n) is 5.46. The topological polar surface area (TPSA) is 26.5 Å². The minimum Gasteiger partial charge on any atom is -0.490 e. The number of rotatable bonds is 7. The van der Waals surface area contributed by atoms with Gasteiger partial charge in [-0.3, -0.25) is 0 Å². The van der Waals surface area contributed by atoms with Gasteiger partial charge in [0.1, 0.15) is 11.4 Å². The minimum atomic E-state index is -4.33. The molecule has 0 saturated heterocycles. The number of benzene rings is 1. The van der Waals surface area contributed by atoms with E-state index in [2.05, 4.69) is 11.1 Å². The Labute approximate surface area is 162 Å². The van der Waals surface area contributed by atoms with Crippen LogP contribution < -0.4 is 4.74 Å². The number of hydrogen-bond acceptors (Lipinski definition) is 2. The fraction of sp³-hybridized carbons (Fsp3) is 0.409. The van der Waals surface area contributed by atoms with Gasteiger partial charge in [-0.05, 0) is 61.4 Å². The number of ether oxygens (including phenoxy) is 1. The van der Waals surface area contributed by atoms with E-state index in [0.29, 0.717) is 11.7 Å². The molecule has 0 N–H and O–H groups in total. The van der Waals surface area contributed by atoms with E-state index in [1.165, 1.54) is 11.6 Å². The molecule has 0 atom stereocenters. The number of fused-ring (bicyclic) bond motifs is 1. The van der Waals surface area contributed by atoms with Crippen LogP contribution in [0.25, 0.3) is 5.65 Å². The average Bonchev–Trinajstić information content (AvgIpc) is 3.11. The van der Waals surface area contributed by atoms with Crippen molar-refractivity contribution < 1.29 is 17.9 Å². The van der Waals surface area contributed by atoms with Gasteiger partial charge in [-0.15, -0.1) is 0 Å². The van der Waals surface area contributed by atoms with Gasteiger partial charge in [0.05, 0.1) is 11.7 Å². The number of halogens is 3. The lowest BCUT2D eigenvalue weighted by molar-refractivity contribution is -0.137. The summed E-state index contributed by atoms with van der Waals surface area (Å²) in [6.45, 7) is 0. The molecule has 28 heavy (non-hydrogen) atoms. The van der Waals surface area contributed by atoms with Crippen molar-refractivity contribution in [2.24, 2.45) is 5.92 Å². The Kier molecular flexibility index (Phi) is 5.29. The van der Waals surface area contributed by atoms with Crippen LogP contribution in [0.2, 0.25) is 0 Å². The van der Waals surface area contributed by atoms with Crippen LogP contribution in [0, 0.1) is 5.92 Å². The summed E-state index contributed by atoms with van der Waals surface area (Å²) in [7, 11) is 0. The first-order valence-corrected chi connectivity index (χ1v) is 9.73. The quantitative estimate of drug-likeness (QED) is 0.470. The zero-order chi connectivity index (χ0) is 19.6. The predicted molar refractivity (Wildman–Crippen MR) is 101 cm³/mol. The average molecular weight is 388 g/mol. The molecule has 148 valence electrons. The summed E-state index contributed by atoms with van der Waals surface area (Å²) in [6.07, 6.45) is 7.73. The number of pyridine rings is 1. The van der Waals surface area contributed by atoms with Gasteiger partial charge in [0.25, 0.3) is 0 Å². The molecule has 3 aromatic rings. The summed E-state index contributed by atoms with van der Waals surface area (Å²) in [5, 5.41) is 0. The van der Waals surface area contributed by atoms with Crippen LogP contribution in [0.5, 0.6) is 5.75 Å². The first kappa shape index (κ1) is 18.8. The van der Waals surface area contributed by atoms with Gasteiger partial charge < -0.3 is 9.14 Å². The van der Waals surface area contributed by atoms with Crippen molar-refractivity contribution in [1.82, 2.24) is 9.38 Å². The number of nitrogens with zero attached hydrogens (tertiary/aromatic N) is 2. The summed E-state index contributed by atoms with van der Waals surface area (Å²) >= 11 is 0. The molecule has 1 saturated carbocycles. The predicted octanol–water partition coefficient (Wildman–Crippen LogP) is 5.92. The molecule has 1 aromatic carbocycles. The lowest BCUT2D eigenvalue weighted by Crippen LogP contribution is -2.33. The highest BCUT2D eigenvalue weighted by molar-refractivity contribution is 5.47. The van der Waals surface area contributed by atoms with Gasteiger partial charge in [-0.2, -0.15) is 13.2 Å². The molecule has 0 bridgehead atoms. The van der Waals surface area contributed by atoms with Crippen molar-refractivity contribution in [2.75, 3.05) is 0 Å². The largest absolute Gasteiger partial charge is 0.490 e. The summed E-state index contributed by atoms with van der Waals surface area (Å²) in [6, 6.07) is 9.33. The molecule has 1 aliphatic carbocycles. The number of alkyl halides is 3. The third-order valence-corrected chi connectivity index (χ3v) is 5.46. The number of aryl methyl sites for hydroxylation is 1. The number of aromatic nitrogens is 2. The Bertz CT molecular complexity index is 929. The van der Waals surface area contributed by atoms with Gasteiger partial charge >= 0.3 is 6.18 Å². The molecule has 4 rings (SSSR count). The van der Waals surface area contributed by atoms with Crippen LogP contribution >= 0.6 is 0 Å². The minimum absolute atomic E-state index is 0.0344. The normalized spacial score (nSPS) is 19.5. The van der Waals surface area contributed by atoms with E-state index in [0.717, 1.165) is 56.3 Å². The van der Waals surface area contributed by atoms with Crippen molar-refractivity contribution in [3.05, 3.63) is 66.1 Å². The highest BCUT2D eigenvalue weighted by Gasteiger charge is 2.33.